The number of hydrogen-bond acceptors (Lipinski definition) is 4. The number of carboxylic acids is 1. The number of rotatable bonds is 5. The van der Waals surface area contributed by atoms with Crippen molar-refractivity contribution in [2.75, 3.05) is 12.9 Å². The third-order valence-electron chi connectivity index (χ3n) is 2.95. The summed E-state index contributed by atoms with van der Waals surface area (Å²) < 4.78 is 28.6. The van der Waals surface area contributed by atoms with E-state index in [-0.39, 0.29) is 4.90 Å². The standard InChI is InChI=1S/C15H14O5S/c1-20-13-6-2-11(3-7-13)12-4-8-14(9-5-12)21(18,19)10-15(16)17/h2-9H,10H2,1H3,(H,16,17). The van der Waals surface area contributed by atoms with Crippen LogP contribution in [-0.2, 0) is 14.6 Å². The van der Waals surface area contributed by atoms with Crippen LogP contribution in [0.4, 0.5) is 0 Å². The fourth-order valence-electron chi connectivity index (χ4n) is 1.88. The Morgan fingerprint density at radius 1 is 1.00 bits per heavy atom. The van der Waals surface area contributed by atoms with Gasteiger partial charge in [-0.3, -0.25) is 4.79 Å². The number of sulfone groups is 1. The summed E-state index contributed by atoms with van der Waals surface area (Å²) in [5.41, 5.74) is 1.75. The van der Waals surface area contributed by atoms with E-state index in [1.807, 2.05) is 24.3 Å². The predicted molar refractivity (Wildman–Crippen MR) is 78.1 cm³/mol. The summed E-state index contributed by atoms with van der Waals surface area (Å²) in [4.78, 5) is 10.5. The Morgan fingerprint density at radius 3 is 1.90 bits per heavy atom. The molecule has 0 amide bonds. The molecule has 110 valence electrons. The quantitative estimate of drug-likeness (QED) is 0.916. The highest BCUT2D eigenvalue weighted by Crippen LogP contribution is 2.24. The lowest BCUT2D eigenvalue weighted by atomic mass is 10.1. The highest BCUT2D eigenvalue weighted by Gasteiger charge is 2.18. The van der Waals surface area contributed by atoms with E-state index < -0.39 is 21.6 Å². The van der Waals surface area contributed by atoms with Crippen LogP contribution in [0.2, 0.25) is 0 Å². The molecule has 0 atom stereocenters. The number of ether oxygens (including phenoxy) is 1. The first kappa shape index (κ1) is 15.1. The number of aliphatic carboxylic acids is 1. The van der Waals surface area contributed by atoms with Crippen molar-refractivity contribution in [1.82, 2.24) is 0 Å². The first-order valence-corrected chi connectivity index (χ1v) is 7.76. The Morgan fingerprint density at radius 2 is 1.48 bits per heavy atom. The minimum Gasteiger partial charge on any atom is -0.497 e. The molecular formula is C15H14O5S. The number of carbonyl (C=O) groups is 1. The molecule has 2 aromatic rings. The predicted octanol–water partition coefficient (Wildman–Crippen LogP) is 2.22. The smallest absolute Gasteiger partial charge is 0.319 e. The third-order valence-corrected chi connectivity index (χ3v) is 4.57. The minimum atomic E-state index is -3.79. The lowest BCUT2D eigenvalue weighted by Gasteiger charge is -2.06. The molecule has 0 aliphatic carbocycles. The summed E-state index contributed by atoms with van der Waals surface area (Å²) in [6.45, 7) is 0. The van der Waals surface area contributed by atoms with E-state index >= 15 is 0 Å². The lowest BCUT2D eigenvalue weighted by Crippen LogP contribution is -2.15. The van der Waals surface area contributed by atoms with Crippen molar-refractivity contribution >= 4 is 15.8 Å². The molecule has 2 aromatic carbocycles. The highest BCUT2D eigenvalue weighted by atomic mass is 32.2. The van der Waals surface area contributed by atoms with Gasteiger partial charge < -0.3 is 9.84 Å². The molecule has 0 aliphatic rings. The van der Waals surface area contributed by atoms with Gasteiger partial charge in [-0.2, -0.15) is 0 Å². The van der Waals surface area contributed by atoms with E-state index in [1.165, 1.54) is 12.1 Å². The molecule has 0 heterocycles. The molecule has 0 aliphatic heterocycles. The van der Waals surface area contributed by atoms with E-state index in [4.69, 9.17) is 9.84 Å². The second kappa shape index (κ2) is 5.97. The molecule has 0 fully saturated rings. The summed E-state index contributed by atoms with van der Waals surface area (Å²) in [5.74, 6) is -1.54. The van der Waals surface area contributed by atoms with Crippen molar-refractivity contribution in [3.8, 4) is 16.9 Å². The maximum absolute atomic E-state index is 11.8. The average Bonchev–Trinajstić information content (AvgIpc) is 2.46. The zero-order chi connectivity index (χ0) is 15.5. The fourth-order valence-corrected chi connectivity index (χ4v) is 2.93. The van der Waals surface area contributed by atoms with Crippen molar-refractivity contribution in [3.05, 3.63) is 48.5 Å². The van der Waals surface area contributed by atoms with Crippen molar-refractivity contribution in [3.63, 3.8) is 0 Å². The van der Waals surface area contributed by atoms with Crippen LogP contribution >= 0.6 is 0 Å². The Bertz CT molecular complexity index is 731. The monoisotopic (exact) mass is 306 g/mol. The second-order valence-corrected chi connectivity index (χ2v) is 6.40. The second-order valence-electron chi connectivity index (χ2n) is 4.41. The summed E-state index contributed by atoms with van der Waals surface area (Å²) in [6, 6.07) is 13.5. The Labute approximate surface area is 122 Å². The summed E-state index contributed by atoms with van der Waals surface area (Å²) >= 11 is 0. The SMILES string of the molecule is COc1ccc(-c2ccc(S(=O)(=O)CC(=O)O)cc2)cc1. The molecule has 21 heavy (non-hydrogen) atoms. The summed E-state index contributed by atoms with van der Waals surface area (Å²) in [6.07, 6.45) is 0. The van der Waals surface area contributed by atoms with Gasteiger partial charge in [0.1, 0.15) is 5.75 Å². The maximum atomic E-state index is 11.8. The summed E-state index contributed by atoms with van der Waals surface area (Å²) in [5, 5.41) is 8.60. The lowest BCUT2D eigenvalue weighted by molar-refractivity contribution is -0.134. The normalized spacial score (nSPS) is 11.1. The first-order valence-electron chi connectivity index (χ1n) is 6.11. The van der Waals surface area contributed by atoms with Gasteiger partial charge in [-0.15, -0.1) is 0 Å². The number of methoxy groups -OCH3 is 1. The number of hydrogen-bond donors (Lipinski definition) is 1. The van der Waals surface area contributed by atoms with Crippen molar-refractivity contribution in [2.24, 2.45) is 0 Å². The van der Waals surface area contributed by atoms with Crippen LogP contribution in [0, 0.1) is 0 Å². The van der Waals surface area contributed by atoms with Gasteiger partial charge in [0.25, 0.3) is 0 Å². The van der Waals surface area contributed by atoms with Crippen LogP contribution in [0.1, 0.15) is 0 Å². The summed E-state index contributed by atoms with van der Waals surface area (Å²) in [7, 11) is -2.21. The van der Waals surface area contributed by atoms with Gasteiger partial charge in [0.2, 0.25) is 0 Å². The van der Waals surface area contributed by atoms with Gasteiger partial charge in [0.15, 0.2) is 15.6 Å². The topological polar surface area (TPSA) is 80.7 Å². The zero-order valence-electron chi connectivity index (χ0n) is 11.3. The number of carboxylic acid groups (broad SMARTS) is 1. The van der Waals surface area contributed by atoms with Crippen LogP contribution in [0.5, 0.6) is 5.75 Å². The molecule has 5 nitrogen and oxygen atoms in total. The molecule has 2 rings (SSSR count). The molecular weight excluding hydrogens is 292 g/mol. The molecule has 0 radical (unpaired) electrons. The Hall–Kier alpha value is -2.34. The van der Waals surface area contributed by atoms with E-state index in [0.717, 1.165) is 16.9 Å². The largest absolute Gasteiger partial charge is 0.497 e. The number of benzene rings is 2. The van der Waals surface area contributed by atoms with Gasteiger partial charge in [0.05, 0.1) is 12.0 Å². The van der Waals surface area contributed by atoms with Gasteiger partial charge in [-0.1, -0.05) is 24.3 Å². The van der Waals surface area contributed by atoms with Crippen molar-refractivity contribution in [2.45, 2.75) is 4.90 Å². The van der Waals surface area contributed by atoms with Gasteiger partial charge >= 0.3 is 5.97 Å². The molecule has 0 saturated carbocycles. The minimum absolute atomic E-state index is 0.00200. The third kappa shape index (κ3) is 3.61. The van der Waals surface area contributed by atoms with E-state index in [1.54, 1.807) is 19.2 Å². The molecule has 0 spiro atoms. The molecule has 0 bridgehead atoms. The molecule has 0 unspecified atom stereocenters. The van der Waals surface area contributed by atoms with Gasteiger partial charge in [0, 0.05) is 0 Å². The Balaban J connectivity index is 2.28. The van der Waals surface area contributed by atoms with Crippen LogP contribution in [0.3, 0.4) is 0 Å². The van der Waals surface area contributed by atoms with Crippen LogP contribution in [-0.4, -0.2) is 32.4 Å². The molecule has 0 aromatic heterocycles. The maximum Gasteiger partial charge on any atom is 0.319 e. The van der Waals surface area contributed by atoms with E-state index in [2.05, 4.69) is 0 Å². The van der Waals surface area contributed by atoms with Crippen molar-refractivity contribution in [1.29, 1.82) is 0 Å². The molecule has 6 heteroatoms. The van der Waals surface area contributed by atoms with Crippen molar-refractivity contribution < 1.29 is 23.1 Å². The van der Waals surface area contributed by atoms with Gasteiger partial charge in [-0.05, 0) is 35.4 Å². The molecule has 1 N–H and O–H groups in total. The Kier molecular flexibility index (Phi) is 4.28. The average molecular weight is 306 g/mol. The first-order chi connectivity index (χ1) is 9.92. The van der Waals surface area contributed by atoms with Crippen LogP contribution < -0.4 is 4.74 Å². The fraction of sp³-hybridized carbons (Fsp3) is 0.133. The molecule has 0 saturated heterocycles. The van der Waals surface area contributed by atoms with E-state index in [9.17, 15) is 13.2 Å². The van der Waals surface area contributed by atoms with Gasteiger partial charge in [-0.25, -0.2) is 8.42 Å². The zero-order valence-corrected chi connectivity index (χ0v) is 12.1. The van der Waals surface area contributed by atoms with E-state index in [0.29, 0.717) is 0 Å². The van der Waals surface area contributed by atoms with Crippen LogP contribution in [0.25, 0.3) is 11.1 Å². The highest BCUT2D eigenvalue weighted by molar-refractivity contribution is 7.92. The van der Waals surface area contributed by atoms with Crippen LogP contribution in [0.15, 0.2) is 53.4 Å².